The van der Waals surface area contributed by atoms with Crippen LogP contribution in [0.4, 0.5) is 5.69 Å². The van der Waals surface area contributed by atoms with Gasteiger partial charge in [0.1, 0.15) is 6.33 Å². The van der Waals surface area contributed by atoms with Gasteiger partial charge < -0.3 is 11.1 Å². The third-order valence-electron chi connectivity index (χ3n) is 4.02. The van der Waals surface area contributed by atoms with Crippen molar-refractivity contribution in [1.82, 2.24) is 20.2 Å². The maximum absolute atomic E-state index is 5.88. The van der Waals surface area contributed by atoms with Crippen molar-refractivity contribution in [2.75, 3.05) is 11.9 Å². The smallest absolute Gasteiger partial charge is 0.143 e. The minimum atomic E-state index is 0.470. The highest BCUT2D eigenvalue weighted by molar-refractivity contribution is 5.51. The summed E-state index contributed by atoms with van der Waals surface area (Å²) in [7, 11) is 0. The number of nitrogens with zero attached hydrogens (tertiary/aromatic N) is 4. The summed E-state index contributed by atoms with van der Waals surface area (Å²) in [5.41, 5.74) is 7.94. The molecule has 0 spiro atoms. The van der Waals surface area contributed by atoms with Crippen LogP contribution in [0.5, 0.6) is 0 Å². The minimum absolute atomic E-state index is 0.470. The Balaban J connectivity index is 1.75. The molecule has 6 heteroatoms. The number of nitrogens with two attached hydrogens (primary N) is 1. The van der Waals surface area contributed by atoms with Crippen LogP contribution in [0.2, 0.25) is 0 Å². The summed E-state index contributed by atoms with van der Waals surface area (Å²) in [6.07, 6.45) is 6.59. The van der Waals surface area contributed by atoms with E-state index in [4.69, 9.17) is 5.73 Å². The fraction of sp³-hybridized carbons (Fsp3) is 0.500. The van der Waals surface area contributed by atoms with Crippen molar-refractivity contribution in [1.29, 1.82) is 0 Å². The van der Waals surface area contributed by atoms with Gasteiger partial charge in [-0.2, -0.15) is 0 Å². The van der Waals surface area contributed by atoms with Gasteiger partial charge in [-0.3, -0.25) is 0 Å². The average Bonchev–Trinajstić information content (AvgIpc) is 3.02. The normalized spacial score (nSPS) is 22.6. The largest absolute Gasteiger partial charge is 0.382 e. The molecule has 2 atom stereocenters. The van der Waals surface area contributed by atoms with Gasteiger partial charge in [0.05, 0.1) is 5.69 Å². The van der Waals surface area contributed by atoms with E-state index in [1.165, 1.54) is 25.7 Å². The summed E-state index contributed by atoms with van der Waals surface area (Å²) in [5.74, 6) is 0.570. The summed E-state index contributed by atoms with van der Waals surface area (Å²) in [4.78, 5) is 0. The van der Waals surface area contributed by atoms with Gasteiger partial charge in [0.2, 0.25) is 0 Å². The molecule has 1 aromatic heterocycles. The molecule has 1 aliphatic carbocycles. The van der Waals surface area contributed by atoms with E-state index < -0.39 is 0 Å². The third-order valence-corrected chi connectivity index (χ3v) is 4.02. The number of rotatable bonds is 4. The van der Waals surface area contributed by atoms with Crippen molar-refractivity contribution in [3.63, 3.8) is 0 Å². The Hall–Kier alpha value is -1.95. The van der Waals surface area contributed by atoms with E-state index in [9.17, 15) is 0 Å². The molecule has 1 aliphatic rings. The van der Waals surface area contributed by atoms with Gasteiger partial charge >= 0.3 is 0 Å². The molecule has 1 aromatic carbocycles. The SMILES string of the molecule is NCC1CCCCC1Nc1cccc(-n2cnnn2)c1. The van der Waals surface area contributed by atoms with Crippen molar-refractivity contribution in [3.05, 3.63) is 30.6 Å². The second-order valence-corrected chi connectivity index (χ2v) is 5.34. The van der Waals surface area contributed by atoms with Gasteiger partial charge in [-0.15, -0.1) is 5.10 Å². The van der Waals surface area contributed by atoms with E-state index >= 15 is 0 Å². The van der Waals surface area contributed by atoms with Crippen molar-refractivity contribution in [3.8, 4) is 5.69 Å². The molecule has 0 saturated heterocycles. The molecule has 0 radical (unpaired) electrons. The molecular weight excluding hydrogens is 252 g/mol. The highest BCUT2D eigenvalue weighted by atomic mass is 15.5. The van der Waals surface area contributed by atoms with Crippen LogP contribution in [-0.2, 0) is 0 Å². The predicted molar refractivity (Wildman–Crippen MR) is 77.6 cm³/mol. The fourth-order valence-corrected chi connectivity index (χ4v) is 2.91. The zero-order valence-corrected chi connectivity index (χ0v) is 11.4. The Morgan fingerprint density at radius 3 is 3.00 bits per heavy atom. The third kappa shape index (κ3) is 2.80. The van der Waals surface area contributed by atoms with Gasteiger partial charge in [-0.05, 0) is 53.9 Å². The maximum Gasteiger partial charge on any atom is 0.143 e. The zero-order valence-electron chi connectivity index (χ0n) is 11.4. The summed E-state index contributed by atoms with van der Waals surface area (Å²) < 4.78 is 1.66. The van der Waals surface area contributed by atoms with Crippen molar-refractivity contribution >= 4 is 5.69 Å². The van der Waals surface area contributed by atoms with E-state index in [0.717, 1.165) is 17.9 Å². The molecule has 20 heavy (non-hydrogen) atoms. The number of hydrogen-bond acceptors (Lipinski definition) is 5. The summed E-state index contributed by atoms with van der Waals surface area (Å²) in [5, 5.41) is 14.9. The molecule has 3 rings (SSSR count). The molecule has 1 fully saturated rings. The summed E-state index contributed by atoms with van der Waals surface area (Å²) >= 11 is 0. The average molecular weight is 272 g/mol. The topological polar surface area (TPSA) is 81.6 Å². The van der Waals surface area contributed by atoms with Gasteiger partial charge in [-0.25, -0.2) is 4.68 Å². The molecule has 2 aromatic rings. The summed E-state index contributed by atoms with van der Waals surface area (Å²) in [6, 6.07) is 8.62. The predicted octanol–water partition coefficient (Wildman–Crippen LogP) is 1.59. The van der Waals surface area contributed by atoms with E-state index in [-0.39, 0.29) is 0 Å². The highest BCUT2D eigenvalue weighted by Crippen LogP contribution is 2.27. The zero-order chi connectivity index (χ0) is 13.8. The Morgan fingerprint density at radius 2 is 2.20 bits per heavy atom. The van der Waals surface area contributed by atoms with E-state index in [1.54, 1.807) is 11.0 Å². The Labute approximate surface area is 118 Å². The van der Waals surface area contributed by atoms with Crippen molar-refractivity contribution in [2.24, 2.45) is 11.7 Å². The highest BCUT2D eigenvalue weighted by Gasteiger charge is 2.23. The Morgan fingerprint density at radius 1 is 1.30 bits per heavy atom. The van der Waals surface area contributed by atoms with Crippen LogP contribution in [-0.4, -0.2) is 32.8 Å². The minimum Gasteiger partial charge on any atom is -0.382 e. The standard InChI is InChI=1S/C14H20N6/c15-9-11-4-1-2-7-14(11)17-12-5-3-6-13(8-12)20-10-16-18-19-20/h3,5-6,8,10-11,14,17H,1-2,4,7,9,15H2. The lowest BCUT2D eigenvalue weighted by atomic mass is 9.84. The Bertz CT molecular complexity index is 538. The molecule has 2 unspecified atom stereocenters. The second-order valence-electron chi connectivity index (χ2n) is 5.34. The lowest BCUT2D eigenvalue weighted by Gasteiger charge is -2.32. The number of benzene rings is 1. The van der Waals surface area contributed by atoms with E-state index in [1.807, 2.05) is 12.1 Å². The first kappa shape index (κ1) is 13.1. The molecule has 0 amide bonds. The summed E-state index contributed by atoms with van der Waals surface area (Å²) in [6.45, 7) is 0.754. The van der Waals surface area contributed by atoms with E-state index in [0.29, 0.717) is 12.0 Å². The van der Waals surface area contributed by atoms with Gasteiger partial charge in [0.25, 0.3) is 0 Å². The Kier molecular flexibility index (Phi) is 3.92. The van der Waals surface area contributed by atoms with Gasteiger partial charge in [-0.1, -0.05) is 18.9 Å². The number of aromatic nitrogens is 4. The first-order valence-electron chi connectivity index (χ1n) is 7.17. The molecule has 1 saturated carbocycles. The molecule has 1 heterocycles. The van der Waals surface area contributed by atoms with Crippen LogP contribution in [0.25, 0.3) is 5.69 Å². The number of hydrogen-bond donors (Lipinski definition) is 2. The molecule has 106 valence electrons. The van der Waals surface area contributed by atoms with Crippen LogP contribution in [0, 0.1) is 5.92 Å². The van der Waals surface area contributed by atoms with Crippen LogP contribution in [0.1, 0.15) is 25.7 Å². The molecule has 6 nitrogen and oxygen atoms in total. The van der Waals surface area contributed by atoms with Crippen LogP contribution >= 0.6 is 0 Å². The van der Waals surface area contributed by atoms with Gasteiger partial charge in [0.15, 0.2) is 0 Å². The van der Waals surface area contributed by atoms with Crippen LogP contribution in [0.3, 0.4) is 0 Å². The van der Waals surface area contributed by atoms with Crippen LogP contribution in [0.15, 0.2) is 30.6 Å². The molecule has 3 N–H and O–H groups in total. The number of anilines is 1. The second kappa shape index (κ2) is 6.00. The number of nitrogens with one attached hydrogen (secondary N) is 1. The lowest BCUT2D eigenvalue weighted by Crippen LogP contribution is -2.36. The quantitative estimate of drug-likeness (QED) is 0.883. The van der Waals surface area contributed by atoms with E-state index in [2.05, 4.69) is 33.0 Å². The monoisotopic (exact) mass is 272 g/mol. The molecule has 0 bridgehead atoms. The first-order valence-corrected chi connectivity index (χ1v) is 7.17. The van der Waals surface area contributed by atoms with Crippen molar-refractivity contribution < 1.29 is 0 Å². The fourth-order valence-electron chi connectivity index (χ4n) is 2.91. The van der Waals surface area contributed by atoms with Gasteiger partial charge in [0, 0.05) is 11.7 Å². The lowest BCUT2D eigenvalue weighted by molar-refractivity contribution is 0.332. The number of tetrazole rings is 1. The van der Waals surface area contributed by atoms with Crippen molar-refractivity contribution in [2.45, 2.75) is 31.7 Å². The molecule has 0 aliphatic heterocycles. The van der Waals surface area contributed by atoms with Crippen LogP contribution < -0.4 is 11.1 Å². The first-order chi connectivity index (χ1) is 9.86. The maximum atomic E-state index is 5.88. The molecular formula is C14H20N6.